The van der Waals surface area contributed by atoms with Gasteiger partial charge in [-0.2, -0.15) is 0 Å². The maximum absolute atomic E-state index is 10.5. The molecule has 0 saturated carbocycles. The Morgan fingerprint density at radius 3 is 2.83 bits per heavy atom. The van der Waals surface area contributed by atoms with E-state index in [0.717, 1.165) is 18.4 Å². The Hall–Kier alpha value is -1.26. The number of para-hydroxylation sites is 1. The number of nitrogens with two attached hydrogens (primary N) is 1. The highest BCUT2D eigenvalue weighted by atomic mass is 16.6. The summed E-state index contributed by atoms with van der Waals surface area (Å²) in [6.45, 7) is 3.65. The number of hydrogen-bond donors (Lipinski definition) is 2. The second-order valence-electron chi connectivity index (χ2n) is 4.60. The molecule has 0 fully saturated rings. The van der Waals surface area contributed by atoms with E-state index < -0.39 is 6.10 Å². The van der Waals surface area contributed by atoms with E-state index in [0.29, 0.717) is 31.3 Å². The second-order valence-corrected chi connectivity index (χ2v) is 4.60. The summed E-state index contributed by atoms with van der Waals surface area (Å²) >= 11 is 0. The van der Waals surface area contributed by atoms with Crippen molar-refractivity contribution in [3.63, 3.8) is 0 Å². The molecule has 0 spiro atoms. The highest BCUT2D eigenvalue weighted by molar-refractivity contribution is 5.48. The lowest BCUT2D eigenvalue weighted by Crippen LogP contribution is -2.24. The van der Waals surface area contributed by atoms with E-state index in [2.05, 4.69) is 6.92 Å². The maximum atomic E-state index is 10.5. The molecule has 1 aliphatic heterocycles. The van der Waals surface area contributed by atoms with Crippen molar-refractivity contribution in [1.29, 1.82) is 0 Å². The monoisotopic (exact) mass is 251 g/mol. The van der Waals surface area contributed by atoms with Gasteiger partial charge in [0.05, 0.1) is 6.10 Å². The highest BCUT2D eigenvalue weighted by Gasteiger charge is 2.25. The van der Waals surface area contributed by atoms with Crippen LogP contribution in [0.15, 0.2) is 18.2 Å². The molecule has 1 heterocycles. The molecule has 0 aliphatic carbocycles. The average Bonchev–Trinajstić information content (AvgIpc) is 2.43. The Balaban J connectivity index is 2.26. The lowest BCUT2D eigenvalue weighted by molar-refractivity contribution is 0.0968. The van der Waals surface area contributed by atoms with Crippen LogP contribution in [0.4, 0.5) is 0 Å². The van der Waals surface area contributed by atoms with E-state index in [1.54, 1.807) is 0 Å². The summed E-state index contributed by atoms with van der Waals surface area (Å²) in [6, 6.07) is 5.63. The van der Waals surface area contributed by atoms with E-state index >= 15 is 0 Å². The quantitative estimate of drug-likeness (QED) is 0.838. The standard InChI is InChI=1S/C14H21NO3/c1-2-4-10(9-15)13(16)11-5-3-6-12-14(11)18-8-7-17-12/h3,5-6,10,13,16H,2,4,7-9,15H2,1H3. The van der Waals surface area contributed by atoms with Gasteiger partial charge in [-0.1, -0.05) is 25.5 Å². The molecular formula is C14H21NO3. The zero-order valence-corrected chi connectivity index (χ0v) is 10.8. The van der Waals surface area contributed by atoms with Crippen molar-refractivity contribution < 1.29 is 14.6 Å². The van der Waals surface area contributed by atoms with Gasteiger partial charge in [0.25, 0.3) is 0 Å². The van der Waals surface area contributed by atoms with Crippen LogP contribution in [0.25, 0.3) is 0 Å². The van der Waals surface area contributed by atoms with E-state index in [1.165, 1.54) is 0 Å². The summed E-state index contributed by atoms with van der Waals surface area (Å²) in [4.78, 5) is 0. The first kappa shape index (κ1) is 13.2. The number of benzene rings is 1. The number of aliphatic hydroxyl groups excluding tert-OH is 1. The molecule has 3 N–H and O–H groups in total. The predicted octanol–water partition coefficient (Wildman–Crippen LogP) is 1.87. The summed E-state index contributed by atoms with van der Waals surface area (Å²) in [6.07, 6.45) is 1.32. The van der Waals surface area contributed by atoms with Gasteiger partial charge in [0.2, 0.25) is 0 Å². The van der Waals surface area contributed by atoms with Crippen molar-refractivity contribution >= 4 is 0 Å². The summed E-state index contributed by atoms with van der Waals surface area (Å²) in [5, 5.41) is 10.5. The molecule has 0 radical (unpaired) electrons. The molecule has 100 valence electrons. The van der Waals surface area contributed by atoms with E-state index in [-0.39, 0.29) is 5.92 Å². The van der Waals surface area contributed by atoms with Crippen LogP contribution in [-0.2, 0) is 0 Å². The SMILES string of the molecule is CCCC(CN)C(O)c1cccc2c1OCCO2. The van der Waals surface area contributed by atoms with Gasteiger partial charge in [0, 0.05) is 11.5 Å². The van der Waals surface area contributed by atoms with E-state index in [9.17, 15) is 5.11 Å². The molecule has 0 bridgehead atoms. The van der Waals surface area contributed by atoms with Crippen molar-refractivity contribution in [2.45, 2.75) is 25.9 Å². The first-order chi connectivity index (χ1) is 8.77. The van der Waals surface area contributed by atoms with Gasteiger partial charge in [-0.15, -0.1) is 0 Å². The van der Waals surface area contributed by atoms with Crippen LogP contribution in [0.5, 0.6) is 11.5 Å². The summed E-state index contributed by atoms with van der Waals surface area (Å²) in [7, 11) is 0. The maximum Gasteiger partial charge on any atom is 0.167 e. The van der Waals surface area contributed by atoms with Gasteiger partial charge < -0.3 is 20.3 Å². The van der Waals surface area contributed by atoms with Gasteiger partial charge in [-0.3, -0.25) is 0 Å². The van der Waals surface area contributed by atoms with Crippen molar-refractivity contribution in [3.8, 4) is 11.5 Å². The normalized spacial score (nSPS) is 17.3. The summed E-state index contributed by atoms with van der Waals surface area (Å²) < 4.78 is 11.1. The molecule has 2 rings (SSSR count). The van der Waals surface area contributed by atoms with Crippen LogP contribution >= 0.6 is 0 Å². The van der Waals surface area contributed by atoms with Crippen LogP contribution in [-0.4, -0.2) is 24.9 Å². The predicted molar refractivity (Wildman–Crippen MR) is 69.8 cm³/mol. The molecule has 0 amide bonds. The Bertz CT molecular complexity index is 395. The number of aliphatic hydroxyl groups is 1. The fourth-order valence-electron chi connectivity index (χ4n) is 2.36. The third-order valence-electron chi connectivity index (χ3n) is 3.32. The number of hydrogen-bond acceptors (Lipinski definition) is 4. The molecule has 4 nitrogen and oxygen atoms in total. The fraction of sp³-hybridized carbons (Fsp3) is 0.571. The van der Waals surface area contributed by atoms with Crippen molar-refractivity contribution in [2.24, 2.45) is 11.7 Å². The molecule has 2 atom stereocenters. The molecule has 0 saturated heterocycles. The lowest BCUT2D eigenvalue weighted by atomic mass is 9.91. The Labute approximate surface area is 108 Å². The number of ether oxygens (including phenoxy) is 2. The molecule has 0 aromatic heterocycles. The van der Waals surface area contributed by atoms with Gasteiger partial charge in [0.15, 0.2) is 11.5 Å². The van der Waals surface area contributed by atoms with Crippen LogP contribution in [0.3, 0.4) is 0 Å². The molecule has 1 aromatic carbocycles. The molecule has 1 aromatic rings. The molecule has 1 aliphatic rings. The molecule has 18 heavy (non-hydrogen) atoms. The third kappa shape index (κ3) is 2.60. The first-order valence-corrected chi connectivity index (χ1v) is 6.54. The Morgan fingerprint density at radius 1 is 1.33 bits per heavy atom. The minimum absolute atomic E-state index is 0.0621. The van der Waals surface area contributed by atoms with Crippen LogP contribution in [0.2, 0.25) is 0 Å². The van der Waals surface area contributed by atoms with Crippen LogP contribution in [0, 0.1) is 5.92 Å². The Morgan fingerprint density at radius 2 is 2.11 bits per heavy atom. The topological polar surface area (TPSA) is 64.7 Å². The highest BCUT2D eigenvalue weighted by Crippen LogP contribution is 2.39. The second kappa shape index (κ2) is 6.07. The minimum atomic E-state index is -0.591. The fourth-order valence-corrected chi connectivity index (χ4v) is 2.36. The largest absolute Gasteiger partial charge is 0.486 e. The molecule has 4 heteroatoms. The van der Waals surface area contributed by atoms with Gasteiger partial charge in [0.1, 0.15) is 13.2 Å². The average molecular weight is 251 g/mol. The van der Waals surface area contributed by atoms with Gasteiger partial charge in [-0.05, 0) is 19.0 Å². The van der Waals surface area contributed by atoms with E-state index in [4.69, 9.17) is 15.2 Å². The van der Waals surface area contributed by atoms with Crippen LogP contribution < -0.4 is 15.2 Å². The first-order valence-electron chi connectivity index (χ1n) is 6.54. The molecule has 2 unspecified atom stereocenters. The smallest absolute Gasteiger partial charge is 0.167 e. The third-order valence-corrected chi connectivity index (χ3v) is 3.32. The zero-order chi connectivity index (χ0) is 13.0. The minimum Gasteiger partial charge on any atom is -0.486 e. The van der Waals surface area contributed by atoms with Crippen molar-refractivity contribution in [1.82, 2.24) is 0 Å². The Kier molecular flexibility index (Phi) is 4.44. The van der Waals surface area contributed by atoms with Gasteiger partial charge in [-0.25, -0.2) is 0 Å². The summed E-state index contributed by atoms with van der Waals surface area (Å²) in [5.74, 6) is 1.45. The zero-order valence-electron chi connectivity index (χ0n) is 10.8. The van der Waals surface area contributed by atoms with Crippen molar-refractivity contribution in [3.05, 3.63) is 23.8 Å². The number of fused-ring (bicyclic) bond motifs is 1. The van der Waals surface area contributed by atoms with E-state index in [1.807, 2.05) is 18.2 Å². The number of rotatable bonds is 5. The van der Waals surface area contributed by atoms with Crippen LogP contribution in [0.1, 0.15) is 31.4 Å². The lowest BCUT2D eigenvalue weighted by Gasteiger charge is -2.26. The van der Waals surface area contributed by atoms with Crippen molar-refractivity contribution in [2.75, 3.05) is 19.8 Å². The van der Waals surface area contributed by atoms with Gasteiger partial charge >= 0.3 is 0 Å². The summed E-state index contributed by atoms with van der Waals surface area (Å²) in [5.41, 5.74) is 6.53. The molecular weight excluding hydrogens is 230 g/mol.